The summed E-state index contributed by atoms with van der Waals surface area (Å²) in [5, 5.41) is 13.2. The minimum atomic E-state index is -1.29. The van der Waals surface area contributed by atoms with E-state index < -0.39 is 36.9 Å². The van der Waals surface area contributed by atoms with E-state index in [0.29, 0.717) is 11.4 Å². The molecule has 18 heavy (non-hydrogen) atoms. The number of nitrogens with two attached hydrogens (primary N) is 1. The lowest BCUT2D eigenvalue weighted by molar-refractivity contribution is -0.137. The summed E-state index contributed by atoms with van der Waals surface area (Å²) in [6, 6.07) is -0.845. The quantitative estimate of drug-likeness (QED) is 0.407. The number of likely N-dealkylation sites (N-methyl/N-ethyl adjacent to an activating group) is 1. The van der Waals surface area contributed by atoms with Gasteiger partial charge in [-0.1, -0.05) is 0 Å². The number of carbonyl (C=O) groups is 4. The van der Waals surface area contributed by atoms with E-state index in [1.807, 2.05) is 0 Å². The molecule has 0 heterocycles. The summed E-state index contributed by atoms with van der Waals surface area (Å²) in [5.41, 5.74) is 4.88. The van der Waals surface area contributed by atoms with Gasteiger partial charge in [-0.15, -0.1) is 0 Å². The van der Waals surface area contributed by atoms with E-state index in [0.717, 1.165) is 0 Å². The molecule has 0 fully saturated rings. The Morgan fingerprint density at radius 3 is 2.22 bits per heavy atom. The van der Waals surface area contributed by atoms with Crippen molar-refractivity contribution in [1.29, 1.82) is 0 Å². The molecule has 0 saturated heterocycles. The first-order valence-corrected chi connectivity index (χ1v) is 5.16. The molecule has 0 saturated carbocycles. The van der Waals surface area contributed by atoms with Crippen molar-refractivity contribution >= 4 is 23.8 Å². The van der Waals surface area contributed by atoms with E-state index in [-0.39, 0.29) is 6.54 Å². The summed E-state index contributed by atoms with van der Waals surface area (Å²) in [5.74, 6) is -2.55. The van der Waals surface area contributed by atoms with Crippen molar-refractivity contribution in [3.05, 3.63) is 0 Å². The van der Waals surface area contributed by atoms with E-state index >= 15 is 0 Å². The van der Waals surface area contributed by atoms with Crippen LogP contribution in [0.2, 0.25) is 0 Å². The Morgan fingerprint density at radius 2 is 1.78 bits per heavy atom. The Balaban J connectivity index is 4.32. The fraction of sp³-hybridized carbons (Fsp3) is 0.556. The number of hydrogen-bond acceptors (Lipinski definition) is 4. The molecule has 0 atom stereocenters. The van der Waals surface area contributed by atoms with Crippen LogP contribution in [0.15, 0.2) is 0 Å². The molecule has 0 aromatic carbocycles. The predicted molar refractivity (Wildman–Crippen MR) is 60.5 cm³/mol. The van der Waals surface area contributed by atoms with Crippen LogP contribution in [-0.2, 0) is 14.4 Å². The number of carboxylic acids is 1. The van der Waals surface area contributed by atoms with Gasteiger partial charge in [0.1, 0.15) is 13.1 Å². The third kappa shape index (κ3) is 7.04. The first-order chi connectivity index (χ1) is 8.36. The highest BCUT2D eigenvalue weighted by molar-refractivity contribution is 5.88. The van der Waals surface area contributed by atoms with Crippen LogP contribution in [0, 0.1) is 0 Å². The normalized spacial score (nSPS) is 9.39. The van der Waals surface area contributed by atoms with Gasteiger partial charge in [0, 0.05) is 6.54 Å². The summed E-state index contributed by atoms with van der Waals surface area (Å²) >= 11 is 0. The SMILES string of the molecule is CCNC(=O)CNC(=O)N(CC(N)=O)CC(=O)O. The maximum atomic E-state index is 11.5. The third-order valence-corrected chi connectivity index (χ3v) is 1.73. The smallest absolute Gasteiger partial charge is 0.323 e. The van der Waals surface area contributed by atoms with Gasteiger partial charge in [-0.25, -0.2) is 4.79 Å². The molecule has 0 unspecified atom stereocenters. The highest BCUT2D eigenvalue weighted by atomic mass is 16.4. The van der Waals surface area contributed by atoms with Gasteiger partial charge in [-0.05, 0) is 6.92 Å². The average Bonchev–Trinajstić information content (AvgIpc) is 2.24. The molecule has 4 amide bonds. The second kappa shape index (κ2) is 7.87. The number of urea groups is 1. The molecule has 0 rings (SSSR count). The molecule has 0 aliphatic rings. The van der Waals surface area contributed by atoms with Crippen molar-refractivity contribution in [3.8, 4) is 0 Å². The molecule has 9 heteroatoms. The number of carboxylic acid groups (broad SMARTS) is 1. The number of nitrogens with one attached hydrogen (secondary N) is 2. The second-order valence-corrected chi connectivity index (χ2v) is 3.33. The molecular weight excluding hydrogens is 244 g/mol. The first-order valence-electron chi connectivity index (χ1n) is 5.16. The fourth-order valence-corrected chi connectivity index (χ4v) is 1.08. The molecule has 9 nitrogen and oxygen atoms in total. The molecule has 0 radical (unpaired) electrons. The van der Waals surface area contributed by atoms with Gasteiger partial charge >= 0.3 is 12.0 Å². The van der Waals surface area contributed by atoms with Crippen LogP contribution >= 0.6 is 0 Å². The number of hydrogen-bond donors (Lipinski definition) is 4. The van der Waals surface area contributed by atoms with Crippen LogP contribution in [0.4, 0.5) is 4.79 Å². The second-order valence-electron chi connectivity index (χ2n) is 3.33. The van der Waals surface area contributed by atoms with Crippen molar-refractivity contribution in [2.45, 2.75) is 6.92 Å². The zero-order chi connectivity index (χ0) is 14.1. The van der Waals surface area contributed by atoms with Gasteiger partial charge < -0.3 is 26.4 Å². The van der Waals surface area contributed by atoms with Crippen LogP contribution in [0.3, 0.4) is 0 Å². The summed E-state index contributed by atoms with van der Waals surface area (Å²) in [4.78, 5) is 44.4. The predicted octanol–water partition coefficient (Wildman–Crippen LogP) is -2.30. The number of aliphatic carboxylic acids is 1. The summed E-state index contributed by atoms with van der Waals surface area (Å²) < 4.78 is 0. The summed E-state index contributed by atoms with van der Waals surface area (Å²) in [6.45, 7) is 0.609. The average molecular weight is 260 g/mol. The minimum absolute atomic E-state index is 0.304. The van der Waals surface area contributed by atoms with E-state index in [1.54, 1.807) is 6.92 Å². The Kier molecular flexibility index (Phi) is 6.86. The Bertz CT molecular complexity index is 328. The van der Waals surface area contributed by atoms with Crippen molar-refractivity contribution in [2.24, 2.45) is 5.73 Å². The van der Waals surface area contributed by atoms with Crippen LogP contribution in [-0.4, -0.2) is 60.0 Å². The van der Waals surface area contributed by atoms with Gasteiger partial charge in [-0.2, -0.15) is 0 Å². The van der Waals surface area contributed by atoms with Crippen LogP contribution < -0.4 is 16.4 Å². The van der Waals surface area contributed by atoms with Crippen LogP contribution in [0.25, 0.3) is 0 Å². The molecule has 0 aromatic rings. The van der Waals surface area contributed by atoms with Gasteiger partial charge in [-0.3, -0.25) is 14.4 Å². The van der Waals surface area contributed by atoms with E-state index in [4.69, 9.17) is 10.8 Å². The van der Waals surface area contributed by atoms with Gasteiger partial charge in [0.05, 0.1) is 6.54 Å². The molecular formula is C9H16N4O5. The van der Waals surface area contributed by atoms with Crippen molar-refractivity contribution in [3.63, 3.8) is 0 Å². The Morgan fingerprint density at radius 1 is 1.17 bits per heavy atom. The minimum Gasteiger partial charge on any atom is -0.480 e. The zero-order valence-electron chi connectivity index (χ0n) is 9.93. The molecule has 0 aliphatic heterocycles. The zero-order valence-corrected chi connectivity index (χ0v) is 9.93. The van der Waals surface area contributed by atoms with Gasteiger partial charge in [0.15, 0.2) is 0 Å². The summed E-state index contributed by atoms with van der Waals surface area (Å²) in [7, 11) is 0. The Hall–Kier alpha value is -2.32. The number of primary amides is 1. The van der Waals surface area contributed by atoms with Crippen LogP contribution in [0.5, 0.6) is 0 Å². The van der Waals surface area contributed by atoms with Crippen molar-refractivity contribution in [1.82, 2.24) is 15.5 Å². The monoisotopic (exact) mass is 260 g/mol. The largest absolute Gasteiger partial charge is 0.480 e. The highest BCUT2D eigenvalue weighted by Crippen LogP contribution is 1.89. The molecule has 0 bridgehead atoms. The first kappa shape index (κ1) is 15.7. The van der Waals surface area contributed by atoms with Crippen molar-refractivity contribution in [2.75, 3.05) is 26.2 Å². The van der Waals surface area contributed by atoms with E-state index in [2.05, 4.69) is 10.6 Å². The lowest BCUT2D eigenvalue weighted by atomic mass is 10.4. The summed E-state index contributed by atoms with van der Waals surface area (Å²) in [6.07, 6.45) is 0. The van der Waals surface area contributed by atoms with E-state index in [1.165, 1.54) is 0 Å². The molecule has 0 aromatic heterocycles. The lowest BCUT2D eigenvalue weighted by Gasteiger charge is -2.19. The number of nitrogens with zero attached hydrogens (tertiary/aromatic N) is 1. The number of amides is 4. The Labute approximate surface area is 103 Å². The maximum absolute atomic E-state index is 11.5. The molecule has 0 spiro atoms. The molecule has 0 aliphatic carbocycles. The molecule has 102 valence electrons. The van der Waals surface area contributed by atoms with E-state index in [9.17, 15) is 19.2 Å². The van der Waals surface area contributed by atoms with Crippen molar-refractivity contribution < 1.29 is 24.3 Å². The standard InChI is InChI=1S/C9H16N4O5/c1-2-11-7(15)3-12-9(18)13(4-6(10)14)5-8(16)17/h2-5H2,1H3,(H2,10,14)(H,11,15)(H,12,18)(H,16,17). The highest BCUT2D eigenvalue weighted by Gasteiger charge is 2.18. The molecule has 5 N–H and O–H groups in total. The number of carbonyl (C=O) groups excluding carboxylic acids is 3. The maximum Gasteiger partial charge on any atom is 0.323 e. The fourth-order valence-electron chi connectivity index (χ4n) is 1.08. The van der Waals surface area contributed by atoms with Crippen LogP contribution in [0.1, 0.15) is 6.92 Å². The topological polar surface area (TPSA) is 142 Å². The third-order valence-electron chi connectivity index (χ3n) is 1.73. The van der Waals surface area contributed by atoms with Gasteiger partial charge in [0.2, 0.25) is 11.8 Å². The lowest BCUT2D eigenvalue weighted by Crippen LogP contribution is -2.48. The van der Waals surface area contributed by atoms with Gasteiger partial charge in [0.25, 0.3) is 0 Å². The number of rotatable bonds is 7.